The normalized spacial score (nSPS) is 10.7. The number of carbonyl (C=O) groups is 1. The number of aryl methyl sites for hydroxylation is 1. The fraction of sp³-hybridized carbons (Fsp3) is 0.0952. The molecule has 0 atom stereocenters. The van der Waals surface area contributed by atoms with Crippen molar-refractivity contribution in [1.29, 1.82) is 0 Å². The number of anilines is 1. The molecule has 6 nitrogen and oxygen atoms in total. The molecular weight excluding hydrogens is 340 g/mol. The molecule has 0 bridgehead atoms. The first kappa shape index (κ1) is 16.8. The van der Waals surface area contributed by atoms with Gasteiger partial charge in [-0.2, -0.15) is 5.10 Å². The number of hydrogen-bond donors (Lipinski definition) is 2. The summed E-state index contributed by atoms with van der Waals surface area (Å²) in [4.78, 5) is 16.9. The first-order valence-electron chi connectivity index (χ1n) is 8.58. The average molecular weight is 358 g/mol. The van der Waals surface area contributed by atoms with E-state index in [1.54, 1.807) is 12.3 Å². The van der Waals surface area contributed by atoms with Gasteiger partial charge in [0.25, 0.3) is 5.91 Å². The Labute approximate surface area is 156 Å². The Balaban J connectivity index is 1.62. The second kappa shape index (κ2) is 7.29. The van der Waals surface area contributed by atoms with Crippen LogP contribution >= 0.6 is 0 Å². The molecule has 6 heteroatoms. The van der Waals surface area contributed by atoms with Crippen LogP contribution in [-0.2, 0) is 6.61 Å². The minimum absolute atomic E-state index is 0.286. The smallest absolute Gasteiger partial charge is 0.274 e. The number of H-pyrrole nitrogens is 1. The molecule has 0 aliphatic rings. The molecule has 0 spiro atoms. The Morgan fingerprint density at radius 3 is 2.78 bits per heavy atom. The van der Waals surface area contributed by atoms with Crippen LogP contribution in [0, 0.1) is 6.92 Å². The van der Waals surface area contributed by atoms with Crippen LogP contribution in [0.2, 0.25) is 0 Å². The second-order valence-electron chi connectivity index (χ2n) is 6.20. The van der Waals surface area contributed by atoms with Crippen LogP contribution < -0.4 is 10.1 Å². The number of fused-ring (bicyclic) bond motifs is 1. The second-order valence-corrected chi connectivity index (χ2v) is 6.20. The average Bonchev–Trinajstić information content (AvgIpc) is 3.14. The summed E-state index contributed by atoms with van der Waals surface area (Å²) < 4.78 is 5.98. The molecule has 134 valence electrons. The van der Waals surface area contributed by atoms with Gasteiger partial charge in [-0.1, -0.05) is 36.4 Å². The summed E-state index contributed by atoms with van der Waals surface area (Å²) in [5, 5.41) is 10.8. The number of aromatic amines is 1. The van der Waals surface area contributed by atoms with Crippen molar-refractivity contribution < 1.29 is 9.53 Å². The molecule has 4 rings (SSSR count). The zero-order chi connectivity index (χ0) is 18.6. The van der Waals surface area contributed by atoms with E-state index in [0.29, 0.717) is 23.7 Å². The minimum Gasteiger partial charge on any atom is -0.487 e. The summed E-state index contributed by atoms with van der Waals surface area (Å²) in [6, 6.07) is 18.9. The van der Waals surface area contributed by atoms with Crippen LogP contribution in [0.5, 0.6) is 5.75 Å². The number of ether oxygens (including phenoxy) is 1. The number of pyridine rings is 1. The summed E-state index contributed by atoms with van der Waals surface area (Å²) in [7, 11) is 0. The highest BCUT2D eigenvalue weighted by molar-refractivity contribution is 6.05. The summed E-state index contributed by atoms with van der Waals surface area (Å²) in [5.74, 6) is 0.280. The standard InChI is InChI=1S/C21H18N4O2/c1-14-6-5-9-17(23-14)21(26)24-19-10-16-12-22-25-18(16)11-20(19)27-13-15-7-3-2-4-8-15/h2-12H,13H2,1H3,(H,22,25)(H,24,26). The van der Waals surface area contributed by atoms with Gasteiger partial charge in [-0.3, -0.25) is 9.89 Å². The largest absolute Gasteiger partial charge is 0.487 e. The number of amides is 1. The molecule has 1 amide bonds. The SMILES string of the molecule is Cc1cccc(C(=O)Nc2cc3cn[nH]c3cc2OCc2ccccc2)n1. The predicted octanol–water partition coefficient (Wildman–Crippen LogP) is 4.10. The van der Waals surface area contributed by atoms with Gasteiger partial charge in [0.15, 0.2) is 0 Å². The minimum atomic E-state index is -0.286. The molecule has 2 heterocycles. The molecule has 2 aromatic heterocycles. The molecule has 0 fully saturated rings. The van der Waals surface area contributed by atoms with E-state index in [1.807, 2.05) is 61.5 Å². The van der Waals surface area contributed by atoms with Gasteiger partial charge in [-0.05, 0) is 30.7 Å². The van der Waals surface area contributed by atoms with Crippen LogP contribution in [0.3, 0.4) is 0 Å². The van der Waals surface area contributed by atoms with E-state index < -0.39 is 0 Å². The third kappa shape index (κ3) is 3.79. The maximum absolute atomic E-state index is 12.6. The van der Waals surface area contributed by atoms with Crippen molar-refractivity contribution in [3.05, 3.63) is 83.8 Å². The Hall–Kier alpha value is -3.67. The molecule has 0 unspecified atom stereocenters. The predicted molar refractivity (Wildman–Crippen MR) is 104 cm³/mol. The molecule has 0 saturated heterocycles. The zero-order valence-corrected chi connectivity index (χ0v) is 14.8. The van der Waals surface area contributed by atoms with Crippen LogP contribution in [0.15, 0.2) is 66.9 Å². The van der Waals surface area contributed by atoms with Crippen molar-refractivity contribution in [2.75, 3.05) is 5.32 Å². The van der Waals surface area contributed by atoms with Crippen molar-refractivity contribution in [3.63, 3.8) is 0 Å². The van der Waals surface area contributed by atoms with E-state index in [-0.39, 0.29) is 5.91 Å². The first-order valence-corrected chi connectivity index (χ1v) is 8.58. The highest BCUT2D eigenvalue weighted by Crippen LogP contribution is 2.30. The molecule has 0 aliphatic carbocycles. The number of rotatable bonds is 5. The van der Waals surface area contributed by atoms with Gasteiger partial charge in [0.05, 0.1) is 17.4 Å². The van der Waals surface area contributed by atoms with Gasteiger partial charge < -0.3 is 10.1 Å². The molecule has 2 N–H and O–H groups in total. The lowest BCUT2D eigenvalue weighted by Crippen LogP contribution is -2.15. The maximum Gasteiger partial charge on any atom is 0.274 e. The van der Waals surface area contributed by atoms with Crippen LogP contribution in [0.25, 0.3) is 10.9 Å². The van der Waals surface area contributed by atoms with Gasteiger partial charge >= 0.3 is 0 Å². The lowest BCUT2D eigenvalue weighted by Gasteiger charge is -2.13. The van der Waals surface area contributed by atoms with Crippen LogP contribution in [0.4, 0.5) is 5.69 Å². The summed E-state index contributed by atoms with van der Waals surface area (Å²) >= 11 is 0. The third-order valence-electron chi connectivity index (χ3n) is 4.15. The van der Waals surface area contributed by atoms with Crippen molar-refractivity contribution in [2.24, 2.45) is 0 Å². The highest BCUT2D eigenvalue weighted by atomic mass is 16.5. The Bertz CT molecular complexity index is 1090. The van der Waals surface area contributed by atoms with Crippen LogP contribution in [-0.4, -0.2) is 21.1 Å². The van der Waals surface area contributed by atoms with Crippen molar-refractivity contribution >= 4 is 22.5 Å². The van der Waals surface area contributed by atoms with E-state index in [0.717, 1.165) is 22.2 Å². The van der Waals surface area contributed by atoms with E-state index in [1.165, 1.54) is 0 Å². The molecule has 0 aliphatic heterocycles. The number of benzene rings is 2. The Morgan fingerprint density at radius 2 is 1.96 bits per heavy atom. The van der Waals surface area contributed by atoms with Gasteiger partial charge in [0.1, 0.15) is 18.1 Å². The molecule has 0 saturated carbocycles. The molecule has 2 aromatic carbocycles. The highest BCUT2D eigenvalue weighted by Gasteiger charge is 2.14. The molecule has 27 heavy (non-hydrogen) atoms. The summed E-state index contributed by atoms with van der Waals surface area (Å²) in [6.45, 7) is 2.24. The van der Waals surface area contributed by atoms with E-state index in [4.69, 9.17) is 4.74 Å². The molecular formula is C21H18N4O2. The van der Waals surface area contributed by atoms with Crippen molar-refractivity contribution in [1.82, 2.24) is 15.2 Å². The van der Waals surface area contributed by atoms with Crippen molar-refractivity contribution in [3.8, 4) is 5.75 Å². The Morgan fingerprint density at radius 1 is 1.11 bits per heavy atom. The van der Waals surface area contributed by atoms with E-state index >= 15 is 0 Å². The van der Waals surface area contributed by atoms with Crippen molar-refractivity contribution in [2.45, 2.75) is 13.5 Å². The van der Waals surface area contributed by atoms with Gasteiger partial charge in [-0.15, -0.1) is 0 Å². The fourth-order valence-corrected chi connectivity index (χ4v) is 2.78. The molecule has 4 aromatic rings. The van der Waals surface area contributed by atoms with Gasteiger partial charge in [-0.25, -0.2) is 4.98 Å². The lowest BCUT2D eigenvalue weighted by atomic mass is 10.2. The van der Waals surface area contributed by atoms with E-state index in [9.17, 15) is 4.79 Å². The monoisotopic (exact) mass is 358 g/mol. The first-order chi connectivity index (χ1) is 13.2. The number of hydrogen-bond acceptors (Lipinski definition) is 4. The summed E-state index contributed by atoms with van der Waals surface area (Å²) in [6.07, 6.45) is 1.71. The zero-order valence-electron chi connectivity index (χ0n) is 14.8. The van der Waals surface area contributed by atoms with Crippen LogP contribution in [0.1, 0.15) is 21.7 Å². The quantitative estimate of drug-likeness (QED) is 0.563. The number of nitrogens with zero attached hydrogens (tertiary/aromatic N) is 2. The number of carbonyl (C=O) groups excluding carboxylic acids is 1. The Kier molecular flexibility index (Phi) is 4.53. The van der Waals surface area contributed by atoms with Gasteiger partial charge in [0.2, 0.25) is 0 Å². The topological polar surface area (TPSA) is 79.9 Å². The fourth-order valence-electron chi connectivity index (χ4n) is 2.78. The maximum atomic E-state index is 12.6. The van der Waals surface area contributed by atoms with Gasteiger partial charge in [0, 0.05) is 17.1 Å². The number of aromatic nitrogens is 3. The third-order valence-corrected chi connectivity index (χ3v) is 4.15. The molecule has 0 radical (unpaired) electrons. The number of nitrogens with one attached hydrogen (secondary N) is 2. The summed E-state index contributed by atoms with van der Waals surface area (Å²) in [5.41, 5.74) is 3.60. The van der Waals surface area contributed by atoms with E-state index in [2.05, 4.69) is 20.5 Å². The lowest BCUT2D eigenvalue weighted by molar-refractivity contribution is 0.102.